The van der Waals surface area contributed by atoms with Crippen LogP contribution in [0.3, 0.4) is 0 Å². The van der Waals surface area contributed by atoms with Crippen molar-refractivity contribution >= 4 is 37.5 Å². The van der Waals surface area contributed by atoms with Crippen LogP contribution in [-0.4, -0.2) is 44.4 Å². The van der Waals surface area contributed by atoms with Crippen LogP contribution in [0.2, 0.25) is 0 Å². The lowest BCUT2D eigenvalue weighted by Crippen LogP contribution is -2.39. The Morgan fingerprint density at radius 2 is 1.87 bits per heavy atom. The van der Waals surface area contributed by atoms with E-state index in [2.05, 4.69) is 15.9 Å². The number of carbonyl (C=O) groups is 1. The van der Waals surface area contributed by atoms with Crippen molar-refractivity contribution in [3.63, 3.8) is 0 Å². The SMILES string of the molecule is Cc1cc(S(=O)(=O)N2CCCCC2)ccc1OCC(=O)N1c2ccc(Br)cc2C[C@@H]1C. The number of aryl methyl sites for hydroxylation is 1. The monoisotopic (exact) mass is 506 g/mol. The first kappa shape index (κ1) is 22.3. The van der Waals surface area contributed by atoms with E-state index in [1.807, 2.05) is 25.1 Å². The van der Waals surface area contributed by atoms with Crippen LogP contribution in [0.15, 0.2) is 45.8 Å². The van der Waals surface area contributed by atoms with E-state index in [0.29, 0.717) is 24.4 Å². The summed E-state index contributed by atoms with van der Waals surface area (Å²) in [6, 6.07) is 10.9. The number of sulfonamides is 1. The number of halogens is 1. The third kappa shape index (κ3) is 4.52. The quantitative estimate of drug-likeness (QED) is 0.606. The summed E-state index contributed by atoms with van der Waals surface area (Å²) in [7, 11) is -3.49. The van der Waals surface area contributed by atoms with Gasteiger partial charge in [0.25, 0.3) is 5.91 Å². The predicted octanol–water partition coefficient (Wildman–Crippen LogP) is 4.29. The van der Waals surface area contributed by atoms with Crippen molar-refractivity contribution in [3.8, 4) is 5.75 Å². The third-order valence-corrected chi connectivity index (χ3v) is 8.36. The molecule has 1 amide bonds. The molecule has 0 unspecified atom stereocenters. The van der Waals surface area contributed by atoms with E-state index in [9.17, 15) is 13.2 Å². The van der Waals surface area contributed by atoms with Crippen LogP contribution in [0.5, 0.6) is 5.75 Å². The summed E-state index contributed by atoms with van der Waals surface area (Å²) in [4.78, 5) is 15.0. The second-order valence-electron chi connectivity index (χ2n) is 8.27. The normalized spacial score (nSPS) is 19.3. The number of amides is 1. The zero-order valence-electron chi connectivity index (χ0n) is 17.8. The number of hydrogen-bond acceptors (Lipinski definition) is 4. The van der Waals surface area contributed by atoms with Gasteiger partial charge >= 0.3 is 0 Å². The molecule has 166 valence electrons. The molecule has 31 heavy (non-hydrogen) atoms. The minimum Gasteiger partial charge on any atom is -0.483 e. The summed E-state index contributed by atoms with van der Waals surface area (Å²) < 4.78 is 34.1. The van der Waals surface area contributed by atoms with E-state index < -0.39 is 10.0 Å². The van der Waals surface area contributed by atoms with Gasteiger partial charge in [0.2, 0.25) is 10.0 Å². The first-order valence-corrected chi connectivity index (χ1v) is 12.8. The van der Waals surface area contributed by atoms with Gasteiger partial charge in [-0.25, -0.2) is 8.42 Å². The second-order valence-corrected chi connectivity index (χ2v) is 11.1. The predicted molar refractivity (Wildman–Crippen MR) is 124 cm³/mol. The van der Waals surface area contributed by atoms with Crippen LogP contribution in [0.25, 0.3) is 0 Å². The zero-order valence-corrected chi connectivity index (χ0v) is 20.2. The van der Waals surface area contributed by atoms with Crippen molar-refractivity contribution in [2.45, 2.75) is 50.5 Å². The molecule has 2 aromatic rings. The molecule has 0 saturated carbocycles. The van der Waals surface area contributed by atoms with Gasteiger partial charge in [0.05, 0.1) is 4.90 Å². The molecule has 0 aromatic heterocycles. The van der Waals surface area contributed by atoms with E-state index >= 15 is 0 Å². The van der Waals surface area contributed by atoms with Crippen LogP contribution in [0, 0.1) is 6.92 Å². The Labute approximate surface area is 192 Å². The van der Waals surface area contributed by atoms with Crippen molar-refractivity contribution in [2.24, 2.45) is 0 Å². The van der Waals surface area contributed by atoms with Gasteiger partial charge in [-0.05, 0) is 80.6 Å². The smallest absolute Gasteiger partial charge is 0.265 e. The standard InChI is InChI=1S/C23H27BrN2O4S/c1-16-12-20(31(28,29)25-10-4-3-5-11-25)7-9-22(16)30-15-23(27)26-17(2)13-18-14-19(24)6-8-21(18)26/h6-9,12,14,17H,3-5,10-11,13,15H2,1-2H3/t17-/m0/s1. The van der Waals surface area contributed by atoms with Crippen molar-refractivity contribution < 1.29 is 17.9 Å². The Bertz CT molecular complexity index is 1100. The van der Waals surface area contributed by atoms with Gasteiger partial charge in [-0.1, -0.05) is 22.4 Å². The summed E-state index contributed by atoms with van der Waals surface area (Å²) in [5.74, 6) is 0.409. The molecule has 1 saturated heterocycles. The lowest BCUT2D eigenvalue weighted by Gasteiger charge is -2.26. The molecular weight excluding hydrogens is 480 g/mol. The Kier molecular flexibility index (Phi) is 6.42. The van der Waals surface area contributed by atoms with Crippen molar-refractivity contribution in [1.29, 1.82) is 0 Å². The lowest BCUT2D eigenvalue weighted by molar-refractivity contribution is -0.120. The zero-order chi connectivity index (χ0) is 22.2. The number of ether oxygens (including phenoxy) is 1. The van der Waals surface area contributed by atoms with E-state index in [0.717, 1.165) is 41.4 Å². The molecule has 1 fully saturated rings. The molecule has 8 heteroatoms. The lowest BCUT2D eigenvalue weighted by atomic mass is 10.1. The number of carbonyl (C=O) groups excluding carboxylic acids is 1. The third-order valence-electron chi connectivity index (χ3n) is 5.98. The number of nitrogens with zero attached hydrogens (tertiary/aromatic N) is 2. The highest BCUT2D eigenvalue weighted by atomic mass is 79.9. The number of anilines is 1. The Morgan fingerprint density at radius 3 is 2.58 bits per heavy atom. The van der Waals surface area contributed by atoms with E-state index in [-0.39, 0.29) is 23.5 Å². The molecule has 0 N–H and O–H groups in total. The van der Waals surface area contributed by atoms with E-state index in [1.54, 1.807) is 34.3 Å². The second kappa shape index (κ2) is 8.92. The maximum atomic E-state index is 12.9. The highest BCUT2D eigenvalue weighted by Gasteiger charge is 2.31. The van der Waals surface area contributed by atoms with Gasteiger partial charge in [-0.2, -0.15) is 4.31 Å². The molecular formula is C23H27BrN2O4S. The first-order valence-electron chi connectivity index (χ1n) is 10.6. The fraction of sp³-hybridized carbons (Fsp3) is 0.435. The van der Waals surface area contributed by atoms with Gasteiger partial charge in [0, 0.05) is 29.3 Å². The van der Waals surface area contributed by atoms with Crippen molar-refractivity contribution in [2.75, 3.05) is 24.6 Å². The van der Waals surface area contributed by atoms with E-state index in [4.69, 9.17) is 4.74 Å². The fourth-order valence-corrected chi connectivity index (χ4v) is 6.40. The summed E-state index contributed by atoms with van der Waals surface area (Å²) >= 11 is 3.48. The van der Waals surface area contributed by atoms with Crippen LogP contribution >= 0.6 is 15.9 Å². The highest BCUT2D eigenvalue weighted by molar-refractivity contribution is 9.10. The molecule has 2 heterocycles. The Balaban J connectivity index is 1.45. The van der Waals surface area contributed by atoms with Gasteiger partial charge in [0.15, 0.2) is 6.61 Å². The Morgan fingerprint density at radius 1 is 1.13 bits per heavy atom. The van der Waals surface area contributed by atoms with Crippen molar-refractivity contribution in [1.82, 2.24) is 4.31 Å². The molecule has 0 radical (unpaired) electrons. The van der Waals surface area contributed by atoms with Crippen LogP contribution in [-0.2, 0) is 21.2 Å². The largest absolute Gasteiger partial charge is 0.483 e. The molecule has 2 aliphatic heterocycles. The number of fused-ring (bicyclic) bond motifs is 1. The molecule has 0 spiro atoms. The topological polar surface area (TPSA) is 66.9 Å². The first-order chi connectivity index (χ1) is 14.8. The average molecular weight is 507 g/mol. The van der Waals surface area contributed by atoms with Crippen molar-refractivity contribution in [3.05, 3.63) is 52.0 Å². The molecule has 1 atom stereocenters. The van der Waals surface area contributed by atoms with Gasteiger partial charge in [-0.3, -0.25) is 4.79 Å². The fourth-order valence-electron chi connectivity index (χ4n) is 4.39. The minimum absolute atomic E-state index is 0.0681. The number of rotatable bonds is 5. The highest BCUT2D eigenvalue weighted by Crippen LogP contribution is 2.34. The maximum Gasteiger partial charge on any atom is 0.265 e. The van der Waals surface area contributed by atoms with Gasteiger partial charge < -0.3 is 9.64 Å². The summed E-state index contributed by atoms with van der Waals surface area (Å²) in [5.41, 5.74) is 2.76. The van der Waals surface area contributed by atoms with Crippen LogP contribution < -0.4 is 9.64 Å². The Hall–Kier alpha value is -1.90. The molecule has 0 aliphatic carbocycles. The van der Waals surface area contributed by atoms with Crippen LogP contribution in [0.4, 0.5) is 5.69 Å². The number of benzene rings is 2. The number of piperidine rings is 1. The molecule has 4 rings (SSSR count). The maximum absolute atomic E-state index is 12.9. The molecule has 2 aromatic carbocycles. The average Bonchev–Trinajstić information content (AvgIpc) is 3.08. The molecule has 0 bridgehead atoms. The molecule has 6 nitrogen and oxygen atoms in total. The summed E-state index contributed by atoms with van der Waals surface area (Å²) in [5, 5.41) is 0. The van der Waals surface area contributed by atoms with Crippen LogP contribution in [0.1, 0.15) is 37.3 Å². The minimum atomic E-state index is -3.49. The number of hydrogen-bond donors (Lipinski definition) is 0. The summed E-state index contributed by atoms with van der Waals surface area (Å²) in [6.07, 6.45) is 3.68. The van der Waals surface area contributed by atoms with Gasteiger partial charge in [-0.15, -0.1) is 0 Å². The van der Waals surface area contributed by atoms with E-state index in [1.165, 1.54) is 0 Å². The molecule has 2 aliphatic rings. The van der Waals surface area contributed by atoms with Gasteiger partial charge in [0.1, 0.15) is 5.75 Å². The summed E-state index contributed by atoms with van der Waals surface area (Å²) in [6.45, 7) is 4.87.